The summed E-state index contributed by atoms with van der Waals surface area (Å²) in [5.74, 6) is 2.06. The Kier molecular flexibility index (Phi) is 5.58. The number of para-hydroxylation sites is 3. The fourth-order valence-electron chi connectivity index (χ4n) is 8.50. The van der Waals surface area contributed by atoms with Gasteiger partial charge in [-0.3, -0.25) is 13.7 Å². The molecule has 0 unspecified atom stereocenters. The maximum atomic E-state index is 8.79. The van der Waals surface area contributed by atoms with Crippen molar-refractivity contribution in [2.45, 2.75) is 39.3 Å². The minimum Gasteiger partial charge on any atom is -0.458 e. The number of fused-ring (bicyclic) bond motifs is 9. The van der Waals surface area contributed by atoms with Crippen LogP contribution in [0.4, 0.5) is 0 Å². The first-order valence-corrected chi connectivity index (χ1v) is 21.5. The zero-order chi connectivity index (χ0) is 41.6. The monoisotopic (exact) mass is 735 g/mol. The minimum atomic E-state index is -2.30. The Morgan fingerprint density at radius 3 is 2.44 bits per heavy atom. The molecule has 0 atom stereocenters. The van der Waals surface area contributed by atoms with Gasteiger partial charge in [0.2, 0.25) is 0 Å². The number of pyridine rings is 1. The van der Waals surface area contributed by atoms with Gasteiger partial charge in [0.05, 0.1) is 45.7 Å². The molecule has 1 aliphatic rings. The summed E-state index contributed by atoms with van der Waals surface area (Å²) in [7, 11) is -2.30. The Morgan fingerprint density at radius 1 is 0.782 bits per heavy atom. The molecular formula is C48H38N4O2Si. The normalized spacial score (nSPS) is 15.0. The van der Waals surface area contributed by atoms with E-state index < -0.39 is 14.1 Å². The van der Waals surface area contributed by atoms with Crippen molar-refractivity contribution >= 4 is 73.2 Å². The number of ether oxygens (including phenoxy) is 1. The molecule has 266 valence electrons. The summed E-state index contributed by atoms with van der Waals surface area (Å²) in [5.41, 5.74) is 7.21. The molecule has 0 amide bonds. The van der Waals surface area contributed by atoms with Gasteiger partial charge in [0.1, 0.15) is 36.6 Å². The van der Waals surface area contributed by atoms with Gasteiger partial charge in [-0.25, -0.2) is 4.98 Å². The van der Waals surface area contributed by atoms with Crippen LogP contribution in [0.5, 0.6) is 11.5 Å². The molecule has 11 rings (SSSR count). The predicted molar refractivity (Wildman–Crippen MR) is 225 cm³/mol. The maximum Gasteiger partial charge on any atom is 0.269 e. The number of furan rings is 1. The summed E-state index contributed by atoms with van der Waals surface area (Å²) >= 11 is 0. The van der Waals surface area contributed by atoms with Crippen LogP contribution in [0.3, 0.4) is 0 Å². The van der Waals surface area contributed by atoms with Gasteiger partial charge in [0.25, 0.3) is 6.33 Å². The quantitative estimate of drug-likeness (QED) is 0.103. The summed E-state index contributed by atoms with van der Waals surface area (Å²) in [6, 6.07) is 33.2. The van der Waals surface area contributed by atoms with E-state index in [-0.39, 0.29) is 35.3 Å². The van der Waals surface area contributed by atoms with Crippen LogP contribution >= 0.6 is 0 Å². The molecule has 6 aromatic carbocycles. The SMILES string of the molecule is [2H]c1c([2H])c([2H])c(-[n+]2[c-]n3c4c(cccc42)[Si](C)(C)c2ccc(Oc4ccc5c6c7oc8ccccc8c7ccc6n(-c6cc(C(C)(C)C)ccn6)c5c4)cc2-3)c([2H])c1[2H]. The van der Waals surface area contributed by atoms with Gasteiger partial charge >= 0.3 is 0 Å². The van der Waals surface area contributed by atoms with Gasteiger partial charge in [-0.15, -0.1) is 0 Å². The second-order valence-corrected chi connectivity index (χ2v) is 20.3. The summed E-state index contributed by atoms with van der Waals surface area (Å²) in [5, 5.41) is 6.49. The van der Waals surface area contributed by atoms with Crippen molar-refractivity contribution in [2.24, 2.45) is 0 Å². The maximum absolute atomic E-state index is 8.79. The topological polar surface area (TPSA) is 49.0 Å². The third kappa shape index (κ3) is 4.66. The van der Waals surface area contributed by atoms with Gasteiger partial charge < -0.3 is 9.15 Å². The molecule has 0 N–H and O–H groups in total. The molecule has 7 heteroatoms. The van der Waals surface area contributed by atoms with Crippen molar-refractivity contribution in [3.8, 4) is 28.7 Å². The van der Waals surface area contributed by atoms with Gasteiger partial charge in [0.15, 0.2) is 0 Å². The van der Waals surface area contributed by atoms with E-state index in [2.05, 4.69) is 99.4 Å². The average molecular weight is 736 g/mol. The molecule has 5 heterocycles. The van der Waals surface area contributed by atoms with Crippen LogP contribution in [-0.4, -0.2) is 22.2 Å². The van der Waals surface area contributed by atoms with Crippen molar-refractivity contribution in [3.63, 3.8) is 0 Å². The van der Waals surface area contributed by atoms with Gasteiger partial charge in [-0.2, -0.15) is 0 Å². The molecule has 0 saturated heterocycles. The van der Waals surface area contributed by atoms with Crippen molar-refractivity contribution in [1.29, 1.82) is 0 Å². The van der Waals surface area contributed by atoms with Crippen LogP contribution < -0.4 is 19.7 Å². The highest BCUT2D eigenvalue weighted by molar-refractivity contribution is 7.02. The highest BCUT2D eigenvalue weighted by atomic mass is 28.3. The van der Waals surface area contributed by atoms with Crippen LogP contribution in [0.15, 0.2) is 144 Å². The standard InChI is InChI=1S/C48H38N4O2Si/c1-48(2,3)30-24-25-49-44(26-30)52-37-22-21-35-34-14-9-10-16-41(34)54-47(35)45(37)36-20-18-32(27-39(36)52)53-33-19-23-42-40(28-33)51-29-50(31-12-7-6-8-13-31)38-15-11-17-43(46(38)51)55(42,4)5/h6-28H,1-5H3/i6D,7D,8D,12D,13D. The molecule has 4 aromatic heterocycles. The third-order valence-electron chi connectivity index (χ3n) is 11.3. The van der Waals surface area contributed by atoms with Gasteiger partial charge in [-0.05, 0) is 88.0 Å². The molecule has 0 spiro atoms. The first kappa shape index (κ1) is 27.2. The summed E-state index contributed by atoms with van der Waals surface area (Å²) in [4.78, 5) is 4.91. The molecular weight excluding hydrogens is 693 g/mol. The first-order chi connectivity index (χ1) is 28.7. The molecule has 0 aliphatic carbocycles. The van der Waals surface area contributed by atoms with Crippen molar-refractivity contribution in [3.05, 3.63) is 151 Å². The minimum absolute atomic E-state index is 0.0587. The second-order valence-electron chi connectivity index (χ2n) is 15.9. The smallest absolute Gasteiger partial charge is 0.269 e. The Morgan fingerprint density at radius 2 is 1.58 bits per heavy atom. The van der Waals surface area contributed by atoms with Crippen molar-refractivity contribution in [2.75, 3.05) is 0 Å². The molecule has 0 saturated carbocycles. The summed E-state index contributed by atoms with van der Waals surface area (Å²) in [6.45, 7) is 11.2. The Bertz CT molecular complexity index is 3480. The molecule has 0 radical (unpaired) electrons. The molecule has 0 fully saturated rings. The number of rotatable bonds is 4. The number of imidazole rings is 1. The molecule has 0 bridgehead atoms. The molecule has 10 aromatic rings. The zero-order valence-corrected chi connectivity index (χ0v) is 32.0. The van der Waals surface area contributed by atoms with Crippen molar-refractivity contribution in [1.82, 2.24) is 14.1 Å². The van der Waals surface area contributed by atoms with Crippen molar-refractivity contribution < 1.29 is 20.6 Å². The van der Waals surface area contributed by atoms with Crippen LogP contribution in [-0.2, 0) is 5.41 Å². The highest BCUT2D eigenvalue weighted by Gasteiger charge is 2.36. The lowest BCUT2D eigenvalue weighted by Crippen LogP contribution is -2.57. The average Bonchev–Trinajstić information content (AvgIpc) is 3.91. The number of hydrogen-bond donors (Lipinski definition) is 0. The van der Waals surface area contributed by atoms with E-state index >= 15 is 0 Å². The first-order valence-electron chi connectivity index (χ1n) is 21.0. The van der Waals surface area contributed by atoms with Crippen LogP contribution in [0.1, 0.15) is 33.2 Å². The Labute approximate surface area is 326 Å². The lowest BCUT2D eigenvalue weighted by molar-refractivity contribution is -0.572. The number of benzene rings is 6. The fourth-order valence-corrected chi connectivity index (χ4v) is 11.5. The van der Waals surface area contributed by atoms with Gasteiger partial charge in [-0.1, -0.05) is 94.5 Å². The van der Waals surface area contributed by atoms with E-state index in [0.29, 0.717) is 17.0 Å². The number of aromatic nitrogens is 4. The lowest BCUT2D eigenvalue weighted by atomic mass is 9.88. The number of nitrogens with zero attached hydrogens (tertiary/aromatic N) is 4. The molecule has 6 nitrogen and oxygen atoms in total. The van der Waals surface area contributed by atoms with Crippen LogP contribution in [0.25, 0.3) is 72.0 Å². The lowest BCUT2D eigenvalue weighted by Gasteiger charge is -2.32. The van der Waals surface area contributed by atoms with Gasteiger partial charge in [0, 0.05) is 28.4 Å². The third-order valence-corrected chi connectivity index (χ3v) is 14.8. The summed E-state index contributed by atoms with van der Waals surface area (Å²) < 4.78 is 61.7. The Hall–Kier alpha value is -6.44. The van der Waals surface area contributed by atoms with Crippen LogP contribution in [0, 0.1) is 6.33 Å². The van der Waals surface area contributed by atoms with E-state index in [1.165, 1.54) is 15.9 Å². The van der Waals surface area contributed by atoms with Crippen LogP contribution in [0.2, 0.25) is 13.1 Å². The largest absolute Gasteiger partial charge is 0.458 e. The van der Waals surface area contributed by atoms with E-state index in [1.807, 2.05) is 59.3 Å². The second kappa shape index (κ2) is 11.3. The van der Waals surface area contributed by atoms with E-state index in [9.17, 15) is 0 Å². The number of hydrogen-bond acceptors (Lipinski definition) is 3. The van der Waals surface area contributed by atoms with E-state index in [1.54, 1.807) is 4.57 Å². The fraction of sp³-hybridized carbons (Fsp3) is 0.125. The predicted octanol–water partition coefficient (Wildman–Crippen LogP) is 10.3. The zero-order valence-electron chi connectivity index (χ0n) is 36.0. The Balaban J connectivity index is 1.09. The molecule has 55 heavy (non-hydrogen) atoms. The molecule has 1 aliphatic heterocycles. The van der Waals surface area contributed by atoms with E-state index in [4.69, 9.17) is 21.0 Å². The highest BCUT2D eigenvalue weighted by Crippen LogP contribution is 2.42. The summed E-state index contributed by atoms with van der Waals surface area (Å²) in [6.07, 6.45) is 5.28. The van der Waals surface area contributed by atoms with E-state index in [0.717, 1.165) is 60.8 Å².